The van der Waals surface area contributed by atoms with E-state index in [1.165, 1.54) is 36.4 Å². The normalized spacial score (nSPS) is 18.0. The molecule has 1 amide bonds. The number of amides is 1. The summed E-state index contributed by atoms with van der Waals surface area (Å²) in [5.74, 6) is -1.41. The second kappa shape index (κ2) is 8.54. The molecule has 2 N–H and O–H groups in total. The van der Waals surface area contributed by atoms with Crippen LogP contribution in [-0.4, -0.2) is 39.5 Å². The van der Waals surface area contributed by atoms with E-state index in [9.17, 15) is 27.5 Å². The van der Waals surface area contributed by atoms with Crippen LogP contribution < -0.4 is 10.1 Å². The smallest absolute Gasteiger partial charge is 0.406 e. The summed E-state index contributed by atoms with van der Waals surface area (Å²) >= 11 is 0. The molecule has 1 aromatic heterocycles. The Hall–Kier alpha value is -3.53. The molecule has 10 heteroatoms. The van der Waals surface area contributed by atoms with Gasteiger partial charge < -0.3 is 15.2 Å². The van der Waals surface area contributed by atoms with Crippen molar-refractivity contribution in [2.75, 3.05) is 0 Å². The Morgan fingerprint density at radius 1 is 1.03 bits per heavy atom. The van der Waals surface area contributed by atoms with E-state index in [1.54, 1.807) is 6.07 Å². The van der Waals surface area contributed by atoms with E-state index < -0.39 is 36.0 Å². The van der Waals surface area contributed by atoms with E-state index >= 15 is 0 Å². The van der Waals surface area contributed by atoms with Crippen LogP contribution in [-0.2, 0) is 0 Å². The summed E-state index contributed by atoms with van der Waals surface area (Å²) < 4.78 is 54.8. The van der Waals surface area contributed by atoms with Gasteiger partial charge in [0.1, 0.15) is 17.3 Å². The molecule has 0 saturated heterocycles. The lowest BCUT2D eigenvalue weighted by atomic mass is 9.89. The van der Waals surface area contributed by atoms with Crippen LogP contribution in [0.2, 0.25) is 0 Å². The third-order valence-electron chi connectivity index (χ3n) is 4.98. The standard InChI is InChI=1S/C22H17F4N3O3/c23-14-3-1-2-13(10-14)20-27-17(12-4-6-15(7-5-12)32-22(24,25)26)11-18(28-20)21(31)29-16-8-9-19(16)30/h1-7,10-11,16,19,30H,8-9H2,(H,29,31)/t16-,19-/m1/s1. The number of hydrogen-bond donors (Lipinski definition) is 2. The molecule has 166 valence electrons. The van der Waals surface area contributed by atoms with Gasteiger partial charge in [-0.3, -0.25) is 4.79 Å². The van der Waals surface area contributed by atoms with Crippen LogP contribution in [0.15, 0.2) is 54.6 Å². The quantitative estimate of drug-likeness (QED) is 0.576. The molecular formula is C22H17F4N3O3. The molecule has 1 aliphatic rings. The Labute approximate surface area is 179 Å². The Kier molecular flexibility index (Phi) is 5.79. The maximum Gasteiger partial charge on any atom is 0.573 e. The fraction of sp³-hybridized carbons (Fsp3) is 0.227. The molecule has 2 atom stereocenters. The zero-order valence-corrected chi connectivity index (χ0v) is 16.4. The number of aromatic nitrogens is 2. The van der Waals surface area contributed by atoms with Gasteiger partial charge in [0, 0.05) is 11.1 Å². The van der Waals surface area contributed by atoms with E-state index in [4.69, 9.17) is 0 Å². The molecule has 1 saturated carbocycles. The third kappa shape index (κ3) is 5.02. The van der Waals surface area contributed by atoms with Crippen molar-refractivity contribution >= 4 is 5.91 Å². The van der Waals surface area contributed by atoms with Gasteiger partial charge in [-0.1, -0.05) is 12.1 Å². The highest BCUT2D eigenvalue weighted by Gasteiger charge is 2.32. The van der Waals surface area contributed by atoms with Crippen LogP contribution in [0.1, 0.15) is 23.3 Å². The number of aliphatic hydroxyl groups is 1. The number of nitrogens with zero attached hydrogens (tertiary/aromatic N) is 2. The summed E-state index contributed by atoms with van der Waals surface area (Å²) in [6.45, 7) is 0. The van der Waals surface area contributed by atoms with Crippen molar-refractivity contribution in [1.29, 1.82) is 0 Å². The van der Waals surface area contributed by atoms with Crippen LogP contribution >= 0.6 is 0 Å². The van der Waals surface area contributed by atoms with Crippen LogP contribution in [0, 0.1) is 5.82 Å². The van der Waals surface area contributed by atoms with Crippen molar-refractivity contribution in [2.45, 2.75) is 31.3 Å². The molecule has 2 aromatic carbocycles. The SMILES string of the molecule is O=C(N[C@@H]1CC[C@H]1O)c1cc(-c2ccc(OC(F)(F)F)cc2)nc(-c2cccc(F)c2)n1. The van der Waals surface area contributed by atoms with Crippen molar-refractivity contribution in [3.63, 3.8) is 0 Å². The summed E-state index contributed by atoms with van der Waals surface area (Å²) in [4.78, 5) is 21.3. The van der Waals surface area contributed by atoms with Gasteiger partial charge in [0.25, 0.3) is 5.91 Å². The number of hydrogen-bond acceptors (Lipinski definition) is 5. The predicted molar refractivity (Wildman–Crippen MR) is 106 cm³/mol. The Bertz CT molecular complexity index is 1140. The average Bonchev–Trinajstić information content (AvgIpc) is 2.75. The van der Waals surface area contributed by atoms with Crippen molar-refractivity contribution in [3.8, 4) is 28.4 Å². The number of carbonyl (C=O) groups excluding carboxylic acids is 1. The van der Waals surface area contributed by atoms with E-state index in [0.717, 1.165) is 12.1 Å². The lowest BCUT2D eigenvalue weighted by molar-refractivity contribution is -0.274. The minimum absolute atomic E-state index is 0.0241. The van der Waals surface area contributed by atoms with E-state index in [-0.39, 0.29) is 17.2 Å². The maximum atomic E-state index is 13.7. The summed E-state index contributed by atoms with van der Waals surface area (Å²) in [5, 5.41) is 12.4. The fourth-order valence-corrected chi connectivity index (χ4v) is 3.19. The van der Waals surface area contributed by atoms with E-state index in [0.29, 0.717) is 24.0 Å². The second-order valence-corrected chi connectivity index (χ2v) is 7.27. The topological polar surface area (TPSA) is 84.3 Å². The van der Waals surface area contributed by atoms with Crippen LogP contribution in [0.3, 0.4) is 0 Å². The maximum absolute atomic E-state index is 13.7. The summed E-state index contributed by atoms with van der Waals surface area (Å²) in [6, 6.07) is 11.4. The molecule has 3 aromatic rings. The zero-order chi connectivity index (χ0) is 22.9. The fourth-order valence-electron chi connectivity index (χ4n) is 3.19. The van der Waals surface area contributed by atoms with Gasteiger partial charge in [0.15, 0.2) is 5.82 Å². The first-order valence-electron chi connectivity index (χ1n) is 9.68. The van der Waals surface area contributed by atoms with Gasteiger partial charge in [-0.2, -0.15) is 0 Å². The largest absolute Gasteiger partial charge is 0.573 e. The highest BCUT2D eigenvalue weighted by Crippen LogP contribution is 2.28. The van der Waals surface area contributed by atoms with Crippen molar-refractivity contribution in [1.82, 2.24) is 15.3 Å². The Morgan fingerprint density at radius 2 is 1.78 bits per heavy atom. The minimum Gasteiger partial charge on any atom is -0.406 e. The molecule has 0 radical (unpaired) electrons. The number of carbonyl (C=O) groups is 1. The summed E-state index contributed by atoms with van der Waals surface area (Å²) in [5.41, 5.74) is 0.944. The average molecular weight is 447 g/mol. The number of aliphatic hydroxyl groups excluding tert-OH is 1. The molecule has 6 nitrogen and oxygen atoms in total. The molecule has 1 heterocycles. The van der Waals surface area contributed by atoms with Gasteiger partial charge in [-0.05, 0) is 55.3 Å². The number of alkyl halides is 3. The predicted octanol–water partition coefficient (Wildman–Crippen LogP) is 4.10. The molecular weight excluding hydrogens is 430 g/mol. The van der Waals surface area contributed by atoms with Crippen molar-refractivity contribution in [2.24, 2.45) is 0 Å². The zero-order valence-electron chi connectivity index (χ0n) is 16.4. The van der Waals surface area contributed by atoms with Gasteiger partial charge >= 0.3 is 6.36 Å². The first kappa shape index (κ1) is 21.7. The summed E-state index contributed by atoms with van der Waals surface area (Å²) in [7, 11) is 0. The van der Waals surface area contributed by atoms with Gasteiger partial charge in [0.05, 0.1) is 17.8 Å². The Morgan fingerprint density at radius 3 is 2.38 bits per heavy atom. The van der Waals surface area contributed by atoms with E-state index in [2.05, 4.69) is 20.0 Å². The van der Waals surface area contributed by atoms with E-state index in [1.807, 2.05) is 0 Å². The Balaban J connectivity index is 1.70. The van der Waals surface area contributed by atoms with Crippen LogP contribution in [0.4, 0.5) is 17.6 Å². The van der Waals surface area contributed by atoms with Crippen LogP contribution in [0.25, 0.3) is 22.6 Å². The van der Waals surface area contributed by atoms with Gasteiger partial charge in [-0.15, -0.1) is 13.2 Å². The van der Waals surface area contributed by atoms with Crippen LogP contribution in [0.5, 0.6) is 5.75 Å². The lowest BCUT2D eigenvalue weighted by Crippen LogP contribution is -2.50. The number of ether oxygens (including phenoxy) is 1. The molecule has 0 aliphatic heterocycles. The number of benzene rings is 2. The molecule has 0 spiro atoms. The van der Waals surface area contributed by atoms with Crippen molar-refractivity contribution in [3.05, 3.63) is 66.1 Å². The third-order valence-corrected chi connectivity index (χ3v) is 4.98. The molecule has 1 aliphatic carbocycles. The summed E-state index contributed by atoms with van der Waals surface area (Å²) in [6.07, 6.45) is -4.24. The minimum atomic E-state index is -4.82. The lowest BCUT2D eigenvalue weighted by Gasteiger charge is -2.32. The number of rotatable bonds is 5. The molecule has 32 heavy (non-hydrogen) atoms. The highest BCUT2D eigenvalue weighted by atomic mass is 19.4. The number of nitrogens with one attached hydrogen (secondary N) is 1. The first-order chi connectivity index (χ1) is 15.2. The molecule has 4 rings (SSSR count). The van der Waals surface area contributed by atoms with Gasteiger partial charge in [-0.25, -0.2) is 14.4 Å². The highest BCUT2D eigenvalue weighted by molar-refractivity contribution is 5.94. The number of halogens is 4. The molecule has 0 unspecified atom stereocenters. The molecule has 1 fully saturated rings. The second-order valence-electron chi connectivity index (χ2n) is 7.27. The molecule has 0 bridgehead atoms. The first-order valence-corrected chi connectivity index (χ1v) is 9.68. The monoisotopic (exact) mass is 447 g/mol. The van der Waals surface area contributed by atoms with Crippen molar-refractivity contribution < 1.29 is 32.2 Å². The van der Waals surface area contributed by atoms with Gasteiger partial charge in [0.2, 0.25) is 0 Å².